The van der Waals surface area contributed by atoms with E-state index in [1.807, 2.05) is 19.1 Å². The molecule has 3 saturated heterocycles. The second-order valence-corrected chi connectivity index (χ2v) is 11.2. The van der Waals surface area contributed by atoms with Crippen molar-refractivity contribution in [3.63, 3.8) is 0 Å². The van der Waals surface area contributed by atoms with Crippen LogP contribution in [-0.2, 0) is 21.2 Å². The Kier molecular flexibility index (Phi) is 5.54. The van der Waals surface area contributed by atoms with Crippen molar-refractivity contribution >= 4 is 22.0 Å². The van der Waals surface area contributed by atoms with Crippen molar-refractivity contribution in [2.45, 2.75) is 37.5 Å². The molecule has 3 aliphatic heterocycles. The first-order valence-electron chi connectivity index (χ1n) is 11.0. The van der Waals surface area contributed by atoms with Crippen molar-refractivity contribution < 1.29 is 18.0 Å². The lowest BCUT2D eigenvalue weighted by Crippen LogP contribution is -2.53. The minimum Gasteiger partial charge on any atom is -0.356 e. The highest BCUT2D eigenvalue weighted by atomic mass is 32.2. The third kappa shape index (κ3) is 3.42. The third-order valence-electron chi connectivity index (χ3n) is 7.54. The maximum absolute atomic E-state index is 13.2. The van der Waals surface area contributed by atoms with Crippen LogP contribution in [0, 0.1) is 10.8 Å². The van der Waals surface area contributed by atoms with Crippen LogP contribution < -0.4 is 5.32 Å². The van der Waals surface area contributed by atoms with Crippen LogP contribution in [0.1, 0.15) is 31.7 Å². The van der Waals surface area contributed by atoms with Gasteiger partial charge in [-0.2, -0.15) is 4.31 Å². The van der Waals surface area contributed by atoms with Crippen LogP contribution >= 0.6 is 0 Å². The zero-order chi connectivity index (χ0) is 22.4. The van der Waals surface area contributed by atoms with Crippen LogP contribution in [0.4, 0.5) is 4.79 Å². The maximum Gasteiger partial charge on any atom is 0.319 e. The van der Waals surface area contributed by atoms with Crippen LogP contribution in [-0.4, -0.2) is 81.3 Å². The van der Waals surface area contributed by atoms with E-state index in [1.54, 1.807) is 36.0 Å². The number of hydrogen-bond acceptors (Lipinski definition) is 4. The number of carbonyl (C=O) groups excluding carboxylic acids is 2. The van der Waals surface area contributed by atoms with Crippen LogP contribution in [0.15, 0.2) is 29.2 Å². The number of piperidine rings is 1. The highest BCUT2D eigenvalue weighted by Gasteiger charge is 2.64. The smallest absolute Gasteiger partial charge is 0.319 e. The normalized spacial score (nSPS) is 25.9. The predicted octanol–water partition coefficient (Wildman–Crippen LogP) is 1.52. The van der Waals surface area contributed by atoms with Gasteiger partial charge in [0.15, 0.2) is 0 Å². The molecular weight excluding hydrogens is 416 g/mol. The summed E-state index contributed by atoms with van der Waals surface area (Å²) in [6, 6.07) is 6.98. The fraction of sp³-hybridized carbons (Fsp3) is 0.636. The molecule has 0 radical (unpaired) electrons. The number of fused-ring (bicyclic) bond motifs is 1. The molecule has 0 saturated carbocycles. The van der Waals surface area contributed by atoms with E-state index >= 15 is 0 Å². The van der Waals surface area contributed by atoms with Crippen molar-refractivity contribution in [1.82, 2.24) is 19.4 Å². The number of benzene rings is 1. The topological polar surface area (TPSA) is 90.0 Å². The van der Waals surface area contributed by atoms with Gasteiger partial charge < -0.3 is 15.1 Å². The number of carbonyl (C=O) groups is 2. The molecule has 1 aromatic rings. The van der Waals surface area contributed by atoms with Crippen molar-refractivity contribution in [2.24, 2.45) is 10.8 Å². The first kappa shape index (κ1) is 22.1. The van der Waals surface area contributed by atoms with E-state index in [1.165, 1.54) is 4.31 Å². The second kappa shape index (κ2) is 7.78. The standard InChI is InChI=1S/C22H32N4O4S/c1-4-17-5-7-18(8-6-17)31(29,30)26-13-10-21(11-14-26)15-25(20(28)24(2)3)16-22(21)9-12-23-19(22)27/h5-8H,4,9-16H2,1-3H3,(H,23,27). The molecule has 3 fully saturated rings. The number of amides is 3. The van der Waals surface area contributed by atoms with Crippen molar-refractivity contribution in [1.29, 1.82) is 0 Å². The number of aryl methyl sites for hydroxylation is 1. The first-order chi connectivity index (χ1) is 14.6. The summed E-state index contributed by atoms with van der Waals surface area (Å²) < 4.78 is 27.9. The lowest BCUT2D eigenvalue weighted by atomic mass is 9.60. The molecule has 1 unspecified atom stereocenters. The summed E-state index contributed by atoms with van der Waals surface area (Å²) in [6.45, 7) is 4.26. The molecule has 170 valence electrons. The van der Waals surface area contributed by atoms with Gasteiger partial charge in [-0.25, -0.2) is 13.2 Å². The monoisotopic (exact) mass is 448 g/mol. The van der Waals surface area contributed by atoms with Gasteiger partial charge in [0.1, 0.15) is 0 Å². The number of urea groups is 1. The largest absolute Gasteiger partial charge is 0.356 e. The first-order valence-corrected chi connectivity index (χ1v) is 12.4. The fourth-order valence-corrected chi connectivity index (χ4v) is 7.09. The zero-order valence-electron chi connectivity index (χ0n) is 18.6. The van der Waals surface area contributed by atoms with Crippen LogP contribution in [0.5, 0.6) is 0 Å². The molecule has 0 bridgehead atoms. The molecule has 1 atom stereocenters. The summed E-state index contributed by atoms with van der Waals surface area (Å²) >= 11 is 0. The van der Waals surface area contributed by atoms with E-state index in [2.05, 4.69) is 5.32 Å². The Hall–Kier alpha value is -2.13. The molecule has 3 amide bonds. The zero-order valence-corrected chi connectivity index (χ0v) is 19.4. The minimum atomic E-state index is -3.58. The van der Waals surface area contributed by atoms with Gasteiger partial charge in [-0.3, -0.25) is 4.79 Å². The fourth-order valence-electron chi connectivity index (χ4n) is 5.65. The van der Waals surface area contributed by atoms with Crippen molar-refractivity contribution in [2.75, 3.05) is 46.8 Å². The summed E-state index contributed by atoms with van der Waals surface area (Å²) in [5.74, 6) is 0.00742. The molecular formula is C22H32N4O4S. The summed E-state index contributed by atoms with van der Waals surface area (Å²) in [5.41, 5.74) is 0.0802. The van der Waals surface area contributed by atoms with Crippen LogP contribution in [0.3, 0.4) is 0 Å². The van der Waals surface area contributed by atoms with E-state index in [0.29, 0.717) is 56.9 Å². The lowest BCUT2D eigenvalue weighted by Gasteiger charge is -2.45. The summed E-state index contributed by atoms with van der Waals surface area (Å²) in [4.78, 5) is 29.3. The van der Waals surface area contributed by atoms with Gasteiger partial charge in [-0.15, -0.1) is 0 Å². The van der Waals surface area contributed by atoms with E-state index in [4.69, 9.17) is 0 Å². The van der Waals surface area contributed by atoms with Crippen molar-refractivity contribution in [3.8, 4) is 0 Å². The van der Waals surface area contributed by atoms with Gasteiger partial charge in [0, 0.05) is 52.2 Å². The summed E-state index contributed by atoms with van der Waals surface area (Å²) in [7, 11) is -0.149. The van der Waals surface area contributed by atoms with Gasteiger partial charge in [0.05, 0.1) is 10.3 Å². The van der Waals surface area contributed by atoms with Gasteiger partial charge in [-0.1, -0.05) is 19.1 Å². The number of rotatable bonds is 3. The average molecular weight is 449 g/mol. The Morgan fingerprint density at radius 3 is 2.26 bits per heavy atom. The second-order valence-electron chi connectivity index (χ2n) is 9.30. The van der Waals surface area contributed by atoms with E-state index < -0.39 is 20.9 Å². The number of nitrogens with zero attached hydrogens (tertiary/aromatic N) is 3. The lowest BCUT2D eigenvalue weighted by molar-refractivity contribution is -0.133. The highest BCUT2D eigenvalue weighted by Crippen LogP contribution is 2.56. The maximum atomic E-state index is 13.2. The van der Waals surface area contributed by atoms with E-state index in [0.717, 1.165) is 12.0 Å². The van der Waals surface area contributed by atoms with Crippen LogP contribution in [0.2, 0.25) is 0 Å². The highest BCUT2D eigenvalue weighted by molar-refractivity contribution is 7.89. The summed E-state index contributed by atoms with van der Waals surface area (Å²) in [6.07, 6.45) is 2.70. The number of likely N-dealkylation sites (tertiary alicyclic amines) is 1. The number of sulfonamides is 1. The minimum absolute atomic E-state index is 0.00742. The SMILES string of the molecule is CCc1ccc(S(=O)(=O)N2CCC3(CC2)CN(C(=O)N(C)C)CC32CCNC2=O)cc1. The molecule has 8 nitrogen and oxygen atoms in total. The molecule has 9 heteroatoms. The van der Waals surface area contributed by atoms with Crippen LogP contribution in [0.25, 0.3) is 0 Å². The van der Waals surface area contributed by atoms with E-state index in [-0.39, 0.29) is 11.9 Å². The molecule has 1 N–H and O–H groups in total. The van der Waals surface area contributed by atoms with Gasteiger partial charge in [-0.05, 0) is 43.4 Å². The Labute approximate surface area is 184 Å². The Morgan fingerprint density at radius 1 is 1.10 bits per heavy atom. The van der Waals surface area contributed by atoms with Gasteiger partial charge in [0.25, 0.3) is 0 Å². The molecule has 3 aliphatic rings. The molecule has 31 heavy (non-hydrogen) atoms. The Bertz CT molecular complexity index is 968. The number of nitrogens with one attached hydrogen (secondary N) is 1. The molecule has 0 aromatic heterocycles. The Balaban J connectivity index is 1.57. The Morgan fingerprint density at radius 2 is 1.74 bits per heavy atom. The molecule has 1 aromatic carbocycles. The third-order valence-corrected chi connectivity index (χ3v) is 9.46. The van der Waals surface area contributed by atoms with Gasteiger partial charge in [0.2, 0.25) is 15.9 Å². The number of hydrogen-bond donors (Lipinski definition) is 1. The molecule has 2 spiro atoms. The molecule has 4 rings (SSSR count). The van der Waals surface area contributed by atoms with Crippen molar-refractivity contribution in [3.05, 3.63) is 29.8 Å². The van der Waals surface area contributed by atoms with E-state index in [9.17, 15) is 18.0 Å². The average Bonchev–Trinajstić information content (AvgIpc) is 3.29. The molecule has 3 heterocycles. The van der Waals surface area contributed by atoms with Gasteiger partial charge >= 0.3 is 6.03 Å². The predicted molar refractivity (Wildman–Crippen MR) is 117 cm³/mol. The molecule has 0 aliphatic carbocycles. The quantitative estimate of drug-likeness (QED) is 0.759. The summed E-state index contributed by atoms with van der Waals surface area (Å²) in [5, 5.41) is 2.97.